The van der Waals surface area contributed by atoms with Crippen molar-refractivity contribution in [2.24, 2.45) is 0 Å². The molecular weight excluding hydrogens is 214 g/mol. The van der Waals surface area contributed by atoms with E-state index in [-0.39, 0.29) is 0 Å². The number of hydrogen-bond donors (Lipinski definition) is 1. The summed E-state index contributed by atoms with van der Waals surface area (Å²) in [6.45, 7) is 0.464. The van der Waals surface area contributed by atoms with Crippen LogP contribution in [0.15, 0.2) is 48.7 Å². The molecule has 4 heteroatoms. The number of para-hydroxylation sites is 1. The summed E-state index contributed by atoms with van der Waals surface area (Å²) in [6.07, 6.45) is 1.73. The summed E-state index contributed by atoms with van der Waals surface area (Å²) in [6, 6.07) is 13.6. The highest BCUT2D eigenvalue weighted by molar-refractivity contribution is 5.77. The second kappa shape index (κ2) is 4.25. The predicted molar refractivity (Wildman–Crippen MR) is 64.7 cm³/mol. The molecule has 0 bridgehead atoms. The van der Waals surface area contributed by atoms with Crippen molar-refractivity contribution in [3.63, 3.8) is 0 Å². The maximum Gasteiger partial charge on any atom is 0.181 e. The van der Waals surface area contributed by atoms with Crippen molar-refractivity contribution in [2.75, 3.05) is 0 Å². The smallest absolute Gasteiger partial charge is 0.181 e. The molecule has 1 aromatic carbocycles. The van der Waals surface area contributed by atoms with E-state index in [0.717, 1.165) is 22.5 Å². The van der Waals surface area contributed by atoms with E-state index in [9.17, 15) is 0 Å². The zero-order valence-electron chi connectivity index (χ0n) is 9.13. The van der Waals surface area contributed by atoms with E-state index in [1.165, 1.54) is 0 Å². The Balaban J connectivity index is 1.82. The number of rotatable bonds is 3. The van der Waals surface area contributed by atoms with Crippen molar-refractivity contribution in [3.05, 3.63) is 54.4 Å². The van der Waals surface area contributed by atoms with Crippen molar-refractivity contribution in [1.82, 2.24) is 15.2 Å². The van der Waals surface area contributed by atoms with Gasteiger partial charge in [-0.2, -0.15) is 5.10 Å². The minimum Gasteiger partial charge on any atom is -0.487 e. The van der Waals surface area contributed by atoms with Crippen LogP contribution in [0.2, 0.25) is 0 Å². The summed E-state index contributed by atoms with van der Waals surface area (Å²) in [5, 5.41) is 8.06. The lowest BCUT2D eigenvalue weighted by Crippen LogP contribution is -1.96. The standard InChI is InChI=1S/C13H11N3O/c1-2-5-10(6-3-1)17-9-12-11-7-4-8-14-13(11)16-15-12/h1-8H,9H2,(H,14,15,16). The highest BCUT2D eigenvalue weighted by atomic mass is 16.5. The number of ether oxygens (including phenoxy) is 1. The summed E-state index contributed by atoms with van der Waals surface area (Å²) in [7, 11) is 0. The first-order chi connectivity index (χ1) is 8.43. The third-order valence-electron chi connectivity index (χ3n) is 2.53. The highest BCUT2D eigenvalue weighted by Gasteiger charge is 2.05. The molecule has 17 heavy (non-hydrogen) atoms. The van der Waals surface area contributed by atoms with E-state index in [2.05, 4.69) is 15.2 Å². The lowest BCUT2D eigenvalue weighted by molar-refractivity contribution is 0.302. The molecule has 2 heterocycles. The summed E-state index contributed by atoms with van der Waals surface area (Å²) in [5.41, 5.74) is 1.66. The van der Waals surface area contributed by atoms with E-state index in [4.69, 9.17) is 4.74 Å². The molecule has 3 rings (SSSR count). The average Bonchev–Trinajstić information content (AvgIpc) is 2.81. The van der Waals surface area contributed by atoms with Crippen LogP contribution in [0.4, 0.5) is 0 Å². The zero-order valence-corrected chi connectivity index (χ0v) is 9.13. The number of fused-ring (bicyclic) bond motifs is 1. The third-order valence-corrected chi connectivity index (χ3v) is 2.53. The fourth-order valence-corrected chi connectivity index (χ4v) is 1.68. The molecule has 0 atom stereocenters. The molecule has 4 nitrogen and oxygen atoms in total. The van der Waals surface area contributed by atoms with Gasteiger partial charge in [-0.1, -0.05) is 18.2 Å². The van der Waals surface area contributed by atoms with Gasteiger partial charge in [0.1, 0.15) is 12.4 Å². The second-order valence-corrected chi connectivity index (χ2v) is 3.68. The van der Waals surface area contributed by atoms with E-state index in [1.54, 1.807) is 6.20 Å². The molecule has 0 unspecified atom stereocenters. The van der Waals surface area contributed by atoms with Gasteiger partial charge in [0.2, 0.25) is 0 Å². The molecule has 0 aliphatic carbocycles. The topological polar surface area (TPSA) is 50.8 Å². The van der Waals surface area contributed by atoms with Crippen LogP contribution < -0.4 is 4.74 Å². The molecular formula is C13H11N3O. The zero-order chi connectivity index (χ0) is 11.5. The van der Waals surface area contributed by atoms with Gasteiger partial charge in [-0.05, 0) is 24.3 Å². The number of H-pyrrole nitrogens is 1. The maximum atomic E-state index is 5.66. The Morgan fingerprint density at radius 1 is 1.06 bits per heavy atom. The minimum absolute atomic E-state index is 0.464. The first kappa shape index (κ1) is 9.84. The van der Waals surface area contributed by atoms with Crippen LogP contribution in [0, 0.1) is 0 Å². The molecule has 1 N–H and O–H groups in total. The van der Waals surface area contributed by atoms with E-state index in [0.29, 0.717) is 6.61 Å². The second-order valence-electron chi connectivity index (χ2n) is 3.68. The van der Waals surface area contributed by atoms with Crippen molar-refractivity contribution in [1.29, 1.82) is 0 Å². The Morgan fingerprint density at radius 2 is 1.94 bits per heavy atom. The minimum atomic E-state index is 0.464. The predicted octanol–water partition coefficient (Wildman–Crippen LogP) is 2.54. The number of aromatic nitrogens is 3. The Hall–Kier alpha value is -2.36. The average molecular weight is 225 g/mol. The fraction of sp³-hybridized carbons (Fsp3) is 0.0769. The highest BCUT2D eigenvalue weighted by Crippen LogP contribution is 2.16. The van der Waals surface area contributed by atoms with E-state index < -0.39 is 0 Å². The van der Waals surface area contributed by atoms with Gasteiger partial charge in [-0.25, -0.2) is 4.98 Å². The Morgan fingerprint density at radius 3 is 2.82 bits per heavy atom. The Bertz CT molecular complexity index is 619. The molecule has 0 saturated heterocycles. The van der Waals surface area contributed by atoms with Crippen molar-refractivity contribution in [3.8, 4) is 5.75 Å². The van der Waals surface area contributed by atoms with Crippen molar-refractivity contribution < 1.29 is 4.74 Å². The summed E-state index contributed by atoms with van der Waals surface area (Å²) >= 11 is 0. The molecule has 84 valence electrons. The number of aromatic amines is 1. The molecule has 0 fully saturated rings. The van der Waals surface area contributed by atoms with Crippen LogP contribution in [0.1, 0.15) is 5.69 Å². The number of nitrogens with one attached hydrogen (secondary N) is 1. The lowest BCUT2D eigenvalue weighted by atomic mass is 10.3. The third kappa shape index (κ3) is 1.97. The number of hydrogen-bond acceptors (Lipinski definition) is 3. The monoisotopic (exact) mass is 225 g/mol. The molecule has 3 aromatic rings. The SMILES string of the molecule is c1ccc(OCc2[nH]nc3ncccc23)cc1. The van der Waals surface area contributed by atoms with Gasteiger partial charge < -0.3 is 4.74 Å². The summed E-state index contributed by atoms with van der Waals surface area (Å²) < 4.78 is 5.66. The van der Waals surface area contributed by atoms with E-state index >= 15 is 0 Å². The van der Waals surface area contributed by atoms with Crippen LogP contribution >= 0.6 is 0 Å². The summed E-state index contributed by atoms with van der Waals surface area (Å²) in [4.78, 5) is 4.16. The Kier molecular flexibility index (Phi) is 2.46. The first-order valence-electron chi connectivity index (χ1n) is 5.39. The van der Waals surface area contributed by atoms with Crippen LogP contribution in [0.3, 0.4) is 0 Å². The van der Waals surface area contributed by atoms with Gasteiger partial charge in [0.15, 0.2) is 5.65 Å². The lowest BCUT2D eigenvalue weighted by Gasteiger charge is -2.03. The fourth-order valence-electron chi connectivity index (χ4n) is 1.68. The van der Waals surface area contributed by atoms with Gasteiger partial charge in [0, 0.05) is 11.6 Å². The molecule has 0 aliphatic heterocycles. The quantitative estimate of drug-likeness (QED) is 0.745. The molecule has 0 radical (unpaired) electrons. The number of benzene rings is 1. The van der Waals surface area contributed by atoms with Crippen LogP contribution in [-0.2, 0) is 6.61 Å². The first-order valence-corrected chi connectivity index (χ1v) is 5.39. The maximum absolute atomic E-state index is 5.66. The molecule has 2 aromatic heterocycles. The molecule has 0 aliphatic rings. The van der Waals surface area contributed by atoms with Crippen molar-refractivity contribution in [2.45, 2.75) is 6.61 Å². The van der Waals surface area contributed by atoms with Crippen LogP contribution in [0.25, 0.3) is 11.0 Å². The van der Waals surface area contributed by atoms with Gasteiger partial charge in [-0.3, -0.25) is 5.10 Å². The molecule has 0 amide bonds. The van der Waals surface area contributed by atoms with Crippen LogP contribution in [-0.4, -0.2) is 15.2 Å². The van der Waals surface area contributed by atoms with Crippen LogP contribution in [0.5, 0.6) is 5.75 Å². The largest absolute Gasteiger partial charge is 0.487 e. The van der Waals surface area contributed by atoms with Crippen molar-refractivity contribution >= 4 is 11.0 Å². The van der Waals surface area contributed by atoms with Gasteiger partial charge >= 0.3 is 0 Å². The van der Waals surface area contributed by atoms with Gasteiger partial charge in [0.05, 0.1) is 5.69 Å². The summed E-state index contributed by atoms with van der Waals surface area (Å²) in [5.74, 6) is 0.846. The van der Waals surface area contributed by atoms with Gasteiger partial charge in [0.25, 0.3) is 0 Å². The number of nitrogens with zero attached hydrogens (tertiary/aromatic N) is 2. The number of pyridine rings is 1. The Labute approximate surface area is 98.3 Å². The van der Waals surface area contributed by atoms with Gasteiger partial charge in [-0.15, -0.1) is 0 Å². The van der Waals surface area contributed by atoms with E-state index in [1.807, 2.05) is 42.5 Å². The normalized spacial score (nSPS) is 10.6. The molecule has 0 spiro atoms. The molecule has 0 saturated carbocycles.